The molecule has 2 aromatic heterocycles. The average Bonchev–Trinajstić information content (AvgIpc) is 2.75. The van der Waals surface area contributed by atoms with Crippen molar-refractivity contribution in [3.8, 4) is 11.1 Å². The molecule has 9 heteroatoms. The Labute approximate surface area is 167 Å². The Morgan fingerprint density at radius 2 is 2.17 bits per heavy atom. The van der Waals surface area contributed by atoms with Crippen molar-refractivity contribution in [2.75, 3.05) is 30.0 Å². The second-order valence-corrected chi connectivity index (χ2v) is 7.32. The molecule has 3 heterocycles. The molecule has 0 spiro atoms. The van der Waals surface area contributed by atoms with E-state index in [1.807, 2.05) is 0 Å². The summed E-state index contributed by atoms with van der Waals surface area (Å²) < 4.78 is 19.7. The lowest BCUT2D eigenvalue weighted by atomic mass is 9.91. The maximum atomic E-state index is 14.5. The van der Waals surface area contributed by atoms with Crippen molar-refractivity contribution in [1.82, 2.24) is 9.97 Å². The van der Waals surface area contributed by atoms with Gasteiger partial charge < -0.3 is 10.1 Å². The lowest BCUT2D eigenvalue weighted by Crippen LogP contribution is -2.42. The van der Waals surface area contributed by atoms with Crippen molar-refractivity contribution >= 4 is 17.5 Å². The molecule has 152 valence electrons. The second kappa shape index (κ2) is 8.60. The third kappa shape index (κ3) is 4.40. The summed E-state index contributed by atoms with van der Waals surface area (Å²) in [4.78, 5) is 32.9. The monoisotopic (exact) mass is 399 g/mol. The number of nitrogens with one attached hydrogen (secondary N) is 1. The van der Waals surface area contributed by atoms with Crippen LogP contribution in [0.25, 0.3) is 11.1 Å². The summed E-state index contributed by atoms with van der Waals surface area (Å²) in [6.45, 7) is 0.865. The van der Waals surface area contributed by atoms with Gasteiger partial charge in [-0.1, -0.05) is 5.18 Å². The second-order valence-electron chi connectivity index (χ2n) is 7.32. The Bertz CT molecular complexity index is 909. The number of carbonyl (C=O) groups is 1. The molecule has 1 amide bonds. The van der Waals surface area contributed by atoms with E-state index >= 15 is 0 Å². The normalized spacial score (nSPS) is 22.4. The molecule has 1 aliphatic carbocycles. The number of ether oxygens (including phenoxy) is 1. The minimum Gasteiger partial charge on any atom is -0.370 e. The van der Waals surface area contributed by atoms with Crippen molar-refractivity contribution in [2.45, 2.75) is 37.8 Å². The number of carbonyl (C=O) groups excluding carboxylic acids is 1. The SMILES string of the molecule is O=N[C@@H]1CCC[C@H](Nc2cc(-c3ccnc(N4CCOCC4=O)c3)c(F)cn2)C1. The number of rotatable bonds is 5. The highest BCUT2D eigenvalue weighted by Crippen LogP contribution is 2.29. The van der Waals surface area contributed by atoms with Gasteiger partial charge in [0.25, 0.3) is 5.91 Å². The summed E-state index contributed by atoms with van der Waals surface area (Å²) in [5.41, 5.74) is 0.973. The molecule has 0 unspecified atom stereocenters. The summed E-state index contributed by atoms with van der Waals surface area (Å²) in [5.74, 6) is 0.374. The molecule has 2 fully saturated rings. The number of amides is 1. The van der Waals surface area contributed by atoms with E-state index in [1.165, 1.54) is 6.20 Å². The number of hydrogen-bond acceptors (Lipinski definition) is 7. The van der Waals surface area contributed by atoms with Crippen LogP contribution in [0.1, 0.15) is 25.7 Å². The Morgan fingerprint density at radius 3 is 3.00 bits per heavy atom. The summed E-state index contributed by atoms with van der Waals surface area (Å²) >= 11 is 0. The van der Waals surface area contributed by atoms with Crippen LogP contribution in [-0.2, 0) is 9.53 Å². The Kier molecular flexibility index (Phi) is 5.75. The van der Waals surface area contributed by atoms with Crippen LogP contribution in [-0.4, -0.2) is 47.7 Å². The number of hydrogen-bond donors (Lipinski definition) is 1. The van der Waals surface area contributed by atoms with E-state index in [2.05, 4.69) is 20.5 Å². The third-order valence-electron chi connectivity index (χ3n) is 5.32. The van der Waals surface area contributed by atoms with Gasteiger partial charge in [0.05, 0.1) is 25.4 Å². The van der Waals surface area contributed by atoms with Gasteiger partial charge >= 0.3 is 0 Å². The highest BCUT2D eigenvalue weighted by molar-refractivity contribution is 5.94. The average molecular weight is 399 g/mol. The quantitative estimate of drug-likeness (QED) is 0.776. The first-order valence-corrected chi connectivity index (χ1v) is 9.73. The minimum absolute atomic E-state index is 0.0155. The molecule has 1 aliphatic heterocycles. The number of halogens is 1. The van der Waals surface area contributed by atoms with Gasteiger partial charge in [0.2, 0.25) is 0 Å². The Hall–Kier alpha value is -2.94. The van der Waals surface area contributed by atoms with Gasteiger partial charge in [-0.15, -0.1) is 0 Å². The van der Waals surface area contributed by atoms with Gasteiger partial charge in [0.15, 0.2) is 0 Å². The molecule has 1 saturated carbocycles. The largest absolute Gasteiger partial charge is 0.370 e. The van der Waals surface area contributed by atoms with Crippen LogP contribution in [0.15, 0.2) is 35.8 Å². The van der Waals surface area contributed by atoms with Crippen molar-refractivity contribution < 1.29 is 13.9 Å². The maximum absolute atomic E-state index is 14.5. The molecule has 1 saturated heterocycles. The third-order valence-corrected chi connectivity index (χ3v) is 5.32. The highest BCUT2D eigenvalue weighted by atomic mass is 19.1. The van der Waals surface area contributed by atoms with E-state index in [4.69, 9.17) is 4.74 Å². The fraction of sp³-hybridized carbons (Fsp3) is 0.450. The predicted octanol–water partition coefficient (Wildman–Crippen LogP) is 3.14. The summed E-state index contributed by atoms with van der Waals surface area (Å²) in [7, 11) is 0. The lowest BCUT2D eigenvalue weighted by Gasteiger charge is -2.26. The van der Waals surface area contributed by atoms with Crippen LogP contribution in [0.5, 0.6) is 0 Å². The van der Waals surface area contributed by atoms with Crippen molar-refractivity contribution in [3.63, 3.8) is 0 Å². The number of pyridine rings is 2. The molecular weight excluding hydrogens is 377 g/mol. The summed E-state index contributed by atoms with van der Waals surface area (Å²) in [6.07, 6.45) is 6.03. The number of nitrogens with zero attached hydrogens (tertiary/aromatic N) is 4. The highest BCUT2D eigenvalue weighted by Gasteiger charge is 2.24. The number of aromatic nitrogens is 2. The minimum atomic E-state index is -0.461. The molecule has 8 nitrogen and oxygen atoms in total. The van der Waals surface area contributed by atoms with Gasteiger partial charge in [-0.05, 0) is 49.4 Å². The van der Waals surface area contributed by atoms with Crippen LogP contribution in [0.4, 0.5) is 16.0 Å². The zero-order valence-corrected chi connectivity index (χ0v) is 15.9. The first-order valence-electron chi connectivity index (χ1n) is 9.73. The van der Waals surface area contributed by atoms with Crippen LogP contribution >= 0.6 is 0 Å². The predicted molar refractivity (Wildman–Crippen MR) is 106 cm³/mol. The Balaban J connectivity index is 1.57. The first kappa shape index (κ1) is 19.4. The van der Waals surface area contributed by atoms with E-state index in [1.54, 1.807) is 29.3 Å². The fourth-order valence-electron chi connectivity index (χ4n) is 3.83. The zero-order valence-electron chi connectivity index (χ0n) is 15.9. The molecular formula is C20H22FN5O3. The van der Waals surface area contributed by atoms with Crippen LogP contribution < -0.4 is 10.2 Å². The Morgan fingerprint density at radius 1 is 1.28 bits per heavy atom. The number of nitroso groups, excluding NO2 is 1. The van der Waals surface area contributed by atoms with Crippen LogP contribution in [0, 0.1) is 10.7 Å². The molecule has 4 rings (SSSR count). The summed E-state index contributed by atoms with van der Waals surface area (Å²) in [6, 6.07) is 4.93. The van der Waals surface area contributed by atoms with E-state index in [0.29, 0.717) is 42.3 Å². The van der Waals surface area contributed by atoms with Gasteiger partial charge in [0, 0.05) is 17.8 Å². The standard InChI is InChI=1S/C20H22FN5O3/c21-17-11-23-18(24-14-2-1-3-15(9-14)25-28)10-16(17)13-4-5-22-19(8-13)26-6-7-29-12-20(26)27/h4-5,8,10-11,14-15H,1-3,6-7,9,12H2,(H,23,24)/t14-,15+/m0/s1. The smallest absolute Gasteiger partial charge is 0.254 e. The van der Waals surface area contributed by atoms with Crippen molar-refractivity contribution in [3.05, 3.63) is 41.3 Å². The van der Waals surface area contributed by atoms with Gasteiger partial charge in [-0.25, -0.2) is 14.4 Å². The van der Waals surface area contributed by atoms with E-state index in [0.717, 1.165) is 19.3 Å². The first-order chi connectivity index (χ1) is 14.1. The number of morpholine rings is 1. The van der Waals surface area contributed by atoms with E-state index in [-0.39, 0.29) is 24.6 Å². The molecule has 0 aromatic carbocycles. The maximum Gasteiger partial charge on any atom is 0.254 e. The molecule has 0 bridgehead atoms. The molecule has 0 radical (unpaired) electrons. The van der Waals surface area contributed by atoms with Gasteiger partial charge in [-0.2, -0.15) is 4.91 Å². The van der Waals surface area contributed by atoms with Crippen LogP contribution in [0.3, 0.4) is 0 Å². The molecule has 1 N–H and O–H groups in total. The number of anilines is 2. The lowest BCUT2D eigenvalue weighted by molar-refractivity contribution is -0.125. The van der Waals surface area contributed by atoms with Crippen LogP contribution in [0.2, 0.25) is 0 Å². The van der Waals surface area contributed by atoms with E-state index in [9.17, 15) is 14.1 Å². The molecule has 2 aliphatic rings. The molecule has 2 atom stereocenters. The zero-order chi connectivity index (χ0) is 20.2. The van der Waals surface area contributed by atoms with E-state index < -0.39 is 5.82 Å². The molecule has 2 aromatic rings. The topological polar surface area (TPSA) is 96.8 Å². The van der Waals surface area contributed by atoms with Crippen molar-refractivity contribution in [1.29, 1.82) is 0 Å². The fourth-order valence-corrected chi connectivity index (χ4v) is 3.83. The van der Waals surface area contributed by atoms with Crippen molar-refractivity contribution in [2.24, 2.45) is 5.18 Å². The van der Waals surface area contributed by atoms with Gasteiger partial charge in [0.1, 0.15) is 24.1 Å². The van der Waals surface area contributed by atoms with Gasteiger partial charge in [-0.3, -0.25) is 9.69 Å². The molecule has 29 heavy (non-hydrogen) atoms. The summed E-state index contributed by atoms with van der Waals surface area (Å²) in [5, 5.41) is 6.45.